The van der Waals surface area contributed by atoms with E-state index in [0.717, 1.165) is 54.7 Å². The summed E-state index contributed by atoms with van der Waals surface area (Å²) in [4.78, 5) is 15.2. The summed E-state index contributed by atoms with van der Waals surface area (Å²) in [6.07, 6.45) is 0. The molecule has 242 valence electrons. The highest BCUT2D eigenvalue weighted by molar-refractivity contribution is 7.26. The van der Waals surface area contributed by atoms with Crippen molar-refractivity contribution in [2.24, 2.45) is 0 Å². The van der Waals surface area contributed by atoms with Gasteiger partial charge in [-0.3, -0.25) is 0 Å². The molecule has 5 heteroatoms. The van der Waals surface area contributed by atoms with Crippen LogP contribution < -0.4 is 0 Å². The fourth-order valence-corrected chi connectivity index (χ4v) is 9.52. The van der Waals surface area contributed by atoms with Crippen LogP contribution in [0.5, 0.6) is 0 Å². The number of aromatic nitrogens is 2. The average Bonchev–Trinajstić information content (AvgIpc) is 3.79. The molecule has 0 aliphatic heterocycles. The zero-order valence-corrected chi connectivity index (χ0v) is 29.4. The van der Waals surface area contributed by atoms with Crippen molar-refractivity contribution < 1.29 is 0 Å². The average molecular weight is 698 g/mol. The molecule has 0 saturated carbocycles. The lowest BCUT2D eigenvalue weighted by Gasteiger charge is -2.11. The summed E-state index contributed by atoms with van der Waals surface area (Å²) in [5, 5.41) is 4.61. The van der Waals surface area contributed by atoms with Gasteiger partial charge in [-0.15, -0.1) is 22.7 Å². The molecule has 0 bridgehead atoms. The molecule has 3 heterocycles. The van der Waals surface area contributed by atoms with Gasteiger partial charge in [-0.1, -0.05) is 133 Å². The Balaban J connectivity index is 1.09. The quantitative estimate of drug-likeness (QED) is 0.168. The Hall–Kier alpha value is -6.45. The Morgan fingerprint density at radius 1 is 0.442 bits per heavy atom. The molecule has 0 spiro atoms. The molecule has 3 aromatic heterocycles. The van der Waals surface area contributed by atoms with E-state index in [9.17, 15) is 0 Å². The summed E-state index contributed by atoms with van der Waals surface area (Å²) >= 11 is 3.51. The van der Waals surface area contributed by atoms with E-state index in [1.807, 2.05) is 12.1 Å². The third kappa shape index (κ3) is 5.17. The van der Waals surface area contributed by atoms with Crippen LogP contribution in [0.1, 0.15) is 0 Å². The largest absolute Gasteiger partial charge is 0.238 e. The van der Waals surface area contributed by atoms with Crippen LogP contribution in [0.15, 0.2) is 164 Å². The van der Waals surface area contributed by atoms with Crippen LogP contribution in [0, 0.1) is 6.57 Å². The molecule has 0 saturated heterocycles. The van der Waals surface area contributed by atoms with Gasteiger partial charge < -0.3 is 0 Å². The molecule has 0 radical (unpaired) electrons. The zero-order valence-electron chi connectivity index (χ0n) is 27.7. The van der Waals surface area contributed by atoms with Gasteiger partial charge in [-0.2, -0.15) is 0 Å². The Morgan fingerprint density at radius 3 is 1.88 bits per heavy atom. The number of hydrogen-bond acceptors (Lipinski definition) is 4. The predicted octanol–water partition coefficient (Wildman–Crippen LogP) is 14.1. The molecule has 10 rings (SSSR count). The number of nitrogens with zero attached hydrogens (tertiary/aromatic N) is 3. The van der Waals surface area contributed by atoms with E-state index >= 15 is 0 Å². The third-order valence-electron chi connectivity index (χ3n) is 9.72. The fourth-order valence-electron chi connectivity index (χ4n) is 7.23. The van der Waals surface area contributed by atoms with Crippen molar-refractivity contribution in [3.8, 4) is 56.0 Å². The molecule has 10 aromatic rings. The van der Waals surface area contributed by atoms with Gasteiger partial charge in [0.25, 0.3) is 0 Å². The Morgan fingerprint density at radius 2 is 1.06 bits per heavy atom. The number of benzene rings is 7. The highest BCUT2D eigenvalue weighted by Gasteiger charge is 2.18. The SMILES string of the molecule is [C-]#[N+]c1ccc2sc3c(-c4cccc(-c5cccc(-c6nc(-c7cccc(-c8ccccc8)c7)c7c(n6)sc6ccccc67)c5)c4)cccc3c2c1. The molecule has 52 heavy (non-hydrogen) atoms. The first-order chi connectivity index (χ1) is 25.7. The smallest absolute Gasteiger partial charge is 0.187 e. The van der Waals surface area contributed by atoms with Crippen LogP contribution in [0.3, 0.4) is 0 Å². The van der Waals surface area contributed by atoms with Gasteiger partial charge in [0.15, 0.2) is 11.5 Å². The van der Waals surface area contributed by atoms with Crippen LogP contribution in [0.4, 0.5) is 5.69 Å². The minimum absolute atomic E-state index is 0.669. The van der Waals surface area contributed by atoms with Crippen molar-refractivity contribution in [2.75, 3.05) is 0 Å². The Labute approximate surface area is 308 Å². The second kappa shape index (κ2) is 12.4. The molecule has 0 aliphatic rings. The number of hydrogen-bond donors (Lipinski definition) is 0. The molecular formula is C47H27N3S2. The van der Waals surface area contributed by atoms with Crippen LogP contribution in [-0.2, 0) is 0 Å². The van der Waals surface area contributed by atoms with Crippen molar-refractivity contribution in [1.29, 1.82) is 0 Å². The van der Waals surface area contributed by atoms with Crippen molar-refractivity contribution in [3.05, 3.63) is 175 Å². The Kier molecular flexibility index (Phi) is 7.24. The van der Waals surface area contributed by atoms with E-state index in [4.69, 9.17) is 16.5 Å². The summed E-state index contributed by atoms with van der Waals surface area (Å²) in [7, 11) is 0. The maximum absolute atomic E-state index is 7.50. The molecule has 0 amide bonds. The predicted molar refractivity (Wildman–Crippen MR) is 221 cm³/mol. The second-order valence-electron chi connectivity index (χ2n) is 12.9. The first-order valence-corrected chi connectivity index (χ1v) is 18.7. The summed E-state index contributed by atoms with van der Waals surface area (Å²) in [5.74, 6) is 0.714. The lowest BCUT2D eigenvalue weighted by molar-refractivity contribution is 1.24. The summed E-state index contributed by atoms with van der Waals surface area (Å²) < 4.78 is 3.63. The number of fused-ring (bicyclic) bond motifs is 6. The van der Waals surface area contributed by atoms with Crippen LogP contribution in [0.2, 0.25) is 0 Å². The van der Waals surface area contributed by atoms with Crippen molar-refractivity contribution in [3.63, 3.8) is 0 Å². The van der Waals surface area contributed by atoms with Gasteiger partial charge in [0.2, 0.25) is 0 Å². The van der Waals surface area contributed by atoms with Crippen molar-refractivity contribution in [2.45, 2.75) is 0 Å². The maximum Gasteiger partial charge on any atom is 0.187 e. The maximum atomic E-state index is 7.50. The van der Waals surface area contributed by atoms with Crippen LogP contribution >= 0.6 is 22.7 Å². The first-order valence-electron chi connectivity index (χ1n) is 17.1. The standard InChI is InChI=1S/C47H27N3S2/c1-48-36-23-24-42-40(28-36)38-21-10-20-37(45(38)51-42)33-16-7-14-31(25-33)32-15-9-18-35(27-32)46-49-44(43-39-19-5-6-22-41(39)52-47(43)50-46)34-17-8-13-30(26-34)29-11-3-2-4-12-29/h2-28H. The summed E-state index contributed by atoms with van der Waals surface area (Å²) in [6, 6.07) is 57.6. The van der Waals surface area contributed by atoms with Gasteiger partial charge >= 0.3 is 0 Å². The summed E-state index contributed by atoms with van der Waals surface area (Å²) in [6.45, 7) is 7.50. The van der Waals surface area contributed by atoms with Crippen molar-refractivity contribution >= 4 is 68.8 Å². The van der Waals surface area contributed by atoms with E-state index in [2.05, 4.69) is 157 Å². The molecule has 3 nitrogen and oxygen atoms in total. The minimum atomic E-state index is 0.669. The molecule has 0 N–H and O–H groups in total. The zero-order chi connectivity index (χ0) is 34.6. The lowest BCUT2D eigenvalue weighted by atomic mass is 9.97. The van der Waals surface area contributed by atoms with Gasteiger partial charge in [-0.05, 0) is 74.5 Å². The van der Waals surface area contributed by atoms with Crippen LogP contribution in [-0.4, -0.2) is 9.97 Å². The molecule has 0 atom stereocenters. The molecular weight excluding hydrogens is 671 g/mol. The summed E-state index contributed by atoms with van der Waals surface area (Å²) in [5.41, 5.74) is 10.6. The monoisotopic (exact) mass is 697 g/mol. The molecule has 0 aliphatic carbocycles. The highest BCUT2D eigenvalue weighted by atomic mass is 32.1. The van der Waals surface area contributed by atoms with E-state index < -0.39 is 0 Å². The normalized spacial score (nSPS) is 11.4. The van der Waals surface area contributed by atoms with E-state index in [1.165, 1.54) is 36.0 Å². The third-order valence-corrected chi connectivity index (χ3v) is 12.0. The van der Waals surface area contributed by atoms with E-state index in [1.54, 1.807) is 22.7 Å². The molecule has 0 fully saturated rings. The van der Waals surface area contributed by atoms with E-state index in [0.29, 0.717) is 11.5 Å². The van der Waals surface area contributed by atoms with Gasteiger partial charge in [0.05, 0.1) is 12.3 Å². The van der Waals surface area contributed by atoms with Crippen molar-refractivity contribution in [1.82, 2.24) is 9.97 Å². The highest BCUT2D eigenvalue weighted by Crippen LogP contribution is 2.43. The minimum Gasteiger partial charge on any atom is -0.238 e. The topological polar surface area (TPSA) is 30.1 Å². The van der Waals surface area contributed by atoms with E-state index in [-0.39, 0.29) is 0 Å². The lowest BCUT2D eigenvalue weighted by Crippen LogP contribution is -1.94. The Bertz CT molecular complexity index is 3040. The van der Waals surface area contributed by atoms with Crippen LogP contribution in [0.25, 0.3) is 101 Å². The second-order valence-corrected chi connectivity index (χ2v) is 14.9. The fraction of sp³-hybridized carbons (Fsp3) is 0. The molecule has 0 unspecified atom stereocenters. The number of thiophene rings is 2. The molecule has 7 aromatic carbocycles. The van der Waals surface area contributed by atoms with Gasteiger partial charge in [-0.25, -0.2) is 14.8 Å². The van der Waals surface area contributed by atoms with Gasteiger partial charge in [0, 0.05) is 36.0 Å². The first kappa shape index (κ1) is 30.4. The van der Waals surface area contributed by atoms with Gasteiger partial charge in [0.1, 0.15) is 4.83 Å². The number of rotatable bonds is 5.